The third-order valence-electron chi connectivity index (χ3n) is 5.44. The molecule has 3 aromatic carbocycles. The number of phenols is 2. The highest BCUT2D eigenvalue weighted by atomic mass is 16.3. The highest BCUT2D eigenvalue weighted by Gasteiger charge is 2.34. The van der Waals surface area contributed by atoms with E-state index < -0.39 is 0 Å². The standard InChI is InChI=1S/C21H12N2O4/c24-8-1-3-10-12(5-8)22-20-16(10)18-14(26)7-15(27)19(18)17-11-4-2-9(25)6-13(11)23-21(17)20/h1-6,22-25H,7H2. The fourth-order valence-electron chi connectivity index (χ4n) is 4.40. The lowest BCUT2D eigenvalue weighted by molar-refractivity contribution is 0.0924. The molecule has 1 aliphatic rings. The van der Waals surface area contributed by atoms with Gasteiger partial charge in [0, 0.05) is 44.8 Å². The molecule has 0 radical (unpaired) electrons. The quantitative estimate of drug-likeness (QED) is 0.313. The second kappa shape index (κ2) is 4.48. The number of nitrogens with one attached hydrogen (secondary N) is 2. The molecule has 0 atom stereocenters. The molecular formula is C21H12N2O4. The van der Waals surface area contributed by atoms with Gasteiger partial charge in [0.05, 0.1) is 28.5 Å². The third kappa shape index (κ3) is 1.65. The Labute approximate surface area is 151 Å². The predicted octanol–water partition coefficient (Wildman–Crippen LogP) is 4.14. The van der Waals surface area contributed by atoms with E-state index in [9.17, 15) is 19.8 Å². The molecular weight excluding hydrogens is 344 g/mol. The van der Waals surface area contributed by atoms with E-state index >= 15 is 0 Å². The largest absolute Gasteiger partial charge is 0.508 e. The molecule has 6 rings (SSSR count). The summed E-state index contributed by atoms with van der Waals surface area (Å²) < 4.78 is 0. The monoisotopic (exact) mass is 356 g/mol. The van der Waals surface area contributed by atoms with E-state index in [1.807, 2.05) is 0 Å². The summed E-state index contributed by atoms with van der Waals surface area (Å²) in [6, 6.07) is 9.83. The van der Waals surface area contributed by atoms with Crippen LogP contribution >= 0.6 is 0 Å². The first-order chi connectivity index (χ1) is 13.0. The average Bonchev–Trinajstić information content (AvgIpc) is 3.25. The van der Waals surface area contributed by atoms with Crippen LogP contribution in [0.15, 0.2) is 36.4 Å². The Kier molecular flexibility index (Phi) is 2.38. The molecule has 6 nitrogen and oxygen atoms in total. The summed E-state index contributed by atoms with van der Waals surface area (Å²) in [5, 5.41) is 22.6. The van der Waals surface area contributed by atoms with Crippen molar-refractivity contribution in [3.63, 3.8) is 0 Å². The van der Waals surface area contributed by atoms with Crippen molar-refractivity contribution in [1.82, 2.24) is 9.97 Å². The number of rotatable bonds is 0. The van der Waals surface area contributed by atoms with E-state index in [0.717, 1.165) is 10.8 Å². The van der Waals surface area contributed by atoms with Crippen LogP contribution in [0.4, 0.5) is 0 Å². The van der Waals surface area contributed by atoms with Crippen molar-refractivity contribution in [3.05, 3.63) is 47.5 Å². The summed E-state index contributed by atoms with van der Waals surface area (Å²) in [5.41, 5.74) is 3.68. The van der Waals surface area contributed by atoms with Crippen LogP contribution in [0.1, 0.15) is 27.1 Å². The van der Waals surface area contributed by atoms with E-state index in [0.29, 0.717) is 44.0 Å². The maximum atomic E-state index is 12.7. The minimum atomic E-state index is -0.191. The predicted molar refractivity (Wildman–Crippen MR) is 102 cm³/mol. The number of Topliss-reactive ketones (excluding diaryl/α,β-unsaturated/α-hetero) is 2. The maximum Gasteiger partial charge on any atom is 0.172 e. The number of carbonyl (C=O) groups is 2. The Balaban J connectivity index is 1.98. The van der Waals surface area contributed by atoms with Crippen molar-refractivity contribution in [2.75, 3.05) is 0 Å². The highest BCUT2D eigenvalue weighted by Crippen LogP contribution is 2.44. The van der Waals surface area contributed by atoms with E-state index in [2.05, 4.69) is 9.97 Å². The van der Waals surface area contributed by atoms with Gasteiger partial charge in [0.2, 0.25) is 0 Å². The summed E-state index contributed by atoms with van der Waals surface area (Å²) in [4.78, 5) is 32.0. The van der Waals surface area contributed by atoms with Crippen molar-refractivity contribution in [2.45, 2.75) is 6.42 Å². The van der Waals surface area contributed by atoms with Gasteiger partial charge >= 0.3 is 0 Å². The number of fused-ring (bicyclic) bond motifs is 10. The molecule has 0 amide bonds. The first-order valence-corrected chi connectivity index (χ1v) is 8.54. The number of phenolic OH excluding ortho intramolecular Hbond substituents is 2. The van der Waals surface area contributed by atoms with Crippen LogP contribution in [-0.4, -0.2) is 31.7 Å². The first kappa shape index (κ1) is 14.4. The molecule has 0 spiro atoms. The van der Waals surface area contributed by atoms with Crippen molar-refractivity contribution in [2.24, 2.45) is 0 Å². The second-order valence-electron chi connectivity index (χ2n) is 6.98. The number of carbonyl (C=O) groups excluding carboxylic acids is 2. The zero-order valence-corrected chi connectivity index (χ0v) is 13.9. The fraction of sp³-hybridized carbons (Fsp3) is 0.0476. The van der Waals surface area contributed by atoms with Crippen LogP contribution < -0.4 is 0 Å². The summed E-state index contributed by atoms with van der Waals surface area (Å²) in [6.07, 6.45) is -0.140. The Morgan fingerprint density at radius 1 is 0.704 bits per heavy atom. The van der Waals surface area contributed by atoms with Crippen LogP contribution in [0.5, 0.6) is 11.5 Å². The Morgan fingerprint density at radius 3 is 1.59 bits per heavy atom. The SMILES string of the molecule is O=C1CC(=O)c2c1c1c3ccc(O)cc3[nH]c1c1[nH]c3cc(O)ccc3c21. The van der Waals surface area contributed by atoms with Crippen molar-refractivity contribution < 1.29 is 19.8 Å². The van der Waals surface area contributed by atoms with E-state index in [1.165, 1.54) is 0 Å². The summed E-state index contributed by atoms with van der Waals surface area (Å²) in [7, 11) is 0. The van der Waals surface area contributed by atoms with Gasteiger partial charge in [-0.1, -0.05) is 0 Å². The Bertz CT molecular complexity index is 1390. The Morgan fingerprint density at radius 2 is 1.15 bits per heavy atom. The minimum absolute atomic E-state index is 0.117. The molecule has 2 heterocycles. The van der Waals surface area contributed by atoms with Gasteiger partial charge in [-0.05, 0) is 24.3 Å². The van der Waals surface area contributed by atoms with Crippen molar-refractivity contribution >= 4 is 55.2 Å². The van der Waals surface area contributed by atoms with Gasteiger partial charge in [0.1, 0.15) is 11.5 Å². The fourth-order valence-corrected chi connectivity index (χ4v) is 4.40. The third-order valence-corrected chi connectivity index (χ3v) is 5.44. The number of aromatic nitrogens is 2. The van der Waals surface area contributed by atoms with E-state index in [1.54, 1.807) is 36.4 Å². The number of aromatic hydroxyl groups is 2. The van der Waals surface area contributed by atoms with Gasteiger partial charge in [0.25, 0.3) is 0 Å². The molecule has 1 aliphatic carbocycles. The van der Waals surface area contributed by atoms with Crippen LogP contribution in [0, 0.1) is 0 Å². The van der Waals surface area contributed by atoms with E-state index in [-0.39, 0.29) is 29.5 Å². The maximum absolute atomic E-state index is 12.7. The molecule has 0 fully saturated rings. The van der Waals surface area contributed by atoms with Gasteiger partial charge in [-0.25, -0.2) is 0 Å². The molecule has 5 aromatic rings. The van der Waals surface area contributed by atoms with Gasteiger partial charge in [0.15, 0.2) is 11.6 Å². The lowest BCUT2D eigenvalue weighted by Gasteiger charge is -2.04. The van der Waals surface area contributed by atoms with Crippen LogP contribution in [0.25, 0.3) is 43.6 Å². The zero-order valence-electron chi connectivity index (χ0n) is 13.9. The molecule has 0 aliphatic heterocycles. The highest BCUT2D eigenvalue weighted by molar-refractivity contribution is 6.40. The van der Waals surface area contributed by atoms with Crippen LogP contribution in [0.3, 0.4) is 0 Å². The van der Waals surface area contributed by atoms with Crippen LogP contribution in [0.2, 0.25) is 0 Å². The van der Waals surface area contributed by atoms with Gasteiger partial charge < -0.3 is 20.2 Å². The molecule has 130 valence electrons. The number of aromatic amines is 2. The number of hydrogen-bond acceptors (Lipinski definition) is 4. The molecule has 4 N–H and O–H groups in total. The minimum Gasteiger partial charge on any atom is -0.508 e. The van der Waals surface area contributed by atoms with Crippen molar-refractivity contribution in [3.8, 4) is 11.5 Å². The normalized spacial score (nSPS) is 14.2. The first-order valence-electron chi connectivity index (χ1n) is 8.54. The molecule has 27 heavy (non-hydrogen) atoms. The molecule has 0 bridgehead atoms. The number of H-pyrrole nitrogens is 2. The second-order valence-corrected chi connectivity index (χ2v) is 6.98. The Hall–Kier alpha value is -3.80. The molecule has 0 saturated heterocycles. The van der Waals surface area contributed by atoms with Gasteiger partial charge in [-0.15, -0.1) is 0 Å². The summed E-state index contributed by atoms with van der Waals surface area (Å²) >= 11 is 0. The molecule has 0 unspecified atom stereocenters. The smallest absolute Gasteiger partial charge is 0.172 e. The molecule has 0 saturated carbocycles. The van der Waals surface area contributed by atoms with Gasteiger partial charge in [-0.3, -0.25) is 9.59 Å². The lowest BCUT2D eigenvalue weighted by atomic mass is 9.97. The summed E-state index contributed by atoms with van der Waals surface area (Å²) in [5.74, 6) is -0.148. The summed E-state index contributed by atoms with van der Waals surface area (Å²) in [6.45, 7) is 0. The molecule has 2 aromatic heterocycles. The van der Waals surface area contributed by atoms with E-state index in [4.69, 9.17) is 0 Å². The average molecular weight is 356 g/mol. The van der Waals surface area contributed by atoms with Crippen LogP contribution in [-0.2, 0) is 0 Å². The number of benzene rings is 3. The zero-order chi connectivity index (χ0) is 18.4. The topological polar surface area (TPSA) is 106 Å². The van der Waals surface area contributed by atoms with Gasteiger partial charge in [-0.2, -0.15) is 0 Å². The lowest BCUT2D eigenvalue weighted by Crippen LogP contribution is -1.94. The molecule has 6 heteroatoms. The number of ketones is 2. The van der Waals surface area contributed by atoms with Crippen molar-refractivity contribution in [1.29, 1.82) is 0 Å². The number of hydrogen-bond donors (Lipinski definition) is 4.